The average Bonchev–Trinajstić information content (AvgIpc) is 0.741. The van der Waals surface area contributed by atoms with Crippen molar-refractivity contribution >= 4 is 11.9 Å². The van der Waals surface area contributed by atoms with Gasteiger partial charge in [-0.15, -0.1) is 0 Å². The highest BCUT2D eigenvalue weighted by Crippen LogP contribution is 2.53. The topological polar surface area (TPSA) is 77.5 Å². The number of hydrogen-bond acceptors (Lipinski definition) is 8. The van der Waals surface area contributed by atoms with Gasteiger partial charge in [-0.3, -0.25) is 19.3 Å². The Morgan fingerprint density at radius 3 is 0.542 bits per heavy atom. The van der Waals surface area contributed by atoms with E-state index in [-0.39, 0.29) is 48.1 Å². The quantitative estimate of drug-likeness (QED) is 0.0440. The summed E-state index contributed by atoms with van der Waals surface area (Å²) in [5, 5.41) is 5.50. The molecule has 0 amide bonds. The van der Waals surface area contributed by atoms with Gasteiger partial charge in [0.1, 0.15) is 12.2 Å². The Hall–Kier alpha value is -1.22. The van der Waals surface area contributed by atoms with E-state index < -0.39 is 11.1 Å². The van der Waals surface area contributed by atoms with Crippen LogP contribution >= 0.6 is 0 Å². The highest BCUT2D eigenvalue weighted by atomic mass is 16.7. The second kappa shape index (κ2) is 81.5. The number of hydroxylamine groups is 4. The van der Waals surface area contributed by atoms with E-state index in [4.69, 9.17) is 19.1 Å². The molecule has 8 heteroatoms. The summed E-state index contributed by atoms with van der Waals surface area (Å²) in [7, 11) is 0. The van der Waals surface area contributed by atoms with Crippen molar-refractivity contribution in [3.63, 3.8) is 0 Å². The third-order valence-corrected chi connectivity index (χ3v) is 29.0. The van der Waals surface area contributed by atoms with Crippen LogP contribution < -0.4 is 0 Å². The van der Waals surface area contributed by atoms with Gasteiger partial charge in [0.15, 0.2) is 0 Å². The van der Waals surface area contributed by atoms with Gasteiger partial charge in [-0.2, -0.15) is 10.1 Å². The molecule has 702 valence electrons. The van der Waals surface area contributed by atoms with Crippen LogP contribution in [0.5, 0.6) is 0 Å². The molecule has 2 heterocycles. The van der Waals surface area contributed by atoms with Crippen molar-refractivity contribution in [3.05, 3.63) is 0 Å². The second-order valence-electron chi connectivity index (χ2n) is 39.8. The highest BCUT2D eigenvalue weighted by Gasteiger charge is 2.59. The molecule has 0 aromatic heterocycles. The summed E-state index contributed by atoms with van der Waals surface area (Å²) < 4.78 is 14.8. The summed E-state index contributed by atoms with van der Waals surface area (Å²) in [6, 6.07) is 0. The third kappa shape index (κ3) is 54.1. The van der Waals surface area contributed by atoms with Gasteiger partial charge in [-0.05, 0) is 89.9 Å². The van der Waals surface area contributed by atoms with E-state index in [1.807, 2.05) is 0 Å². The number of carbonyl (C=O) groups excluding carboxylic acids is 2. The molecule has 2 unspecified atom stereocenters. The molecule has 2 aliphatic heterocycles. The largest absolute Gasteiger partial charge is 0.460 e. The Morgan fingerprint density at radius 2 is 0.364 bits per heavy atom. The van der Waals surface area contributed by atoms with Crippen molar-refractivity contribution in [3.8, 4) is 0 Å². The molecule has 2 atom stereocenters. The lowest BCUT2D eigenvalue weighted by molar-refractivity contribution is -0.328. The molecule has 0 aromatic carbocycles. The van der Waals surface area contributed by atoms with Crippen LogP contribution in [-0.2, 0) is 28.7 Å². The van der Waals surface area contributed by atoms with Gasteiger partial charge in [-0.25, -0.2) is 0 Å². The summed E-state index contributed by atoms with van der Waals surface area (Å²) in [5.74, 6) is -0.391. The molecule has 2 fully saturated rings. The van der Waals surface area contributed by atoms with Gasteiger partial charge in [0, 0.05) is 11.1 Å². The van der Waals surface area contributed by atoms with E-state index >= 15 is 9.59 Å². The molecule has 0 radical (unpaired) electrons. The van der Waals surface area contributed by atoms with Gasteiger partial charge in [0.05, 0.1) is 37.1 Å². The normalized spacial score (nSPS) is 16.7. The van der Waals surface area contributed by atoms with Crippen LogP contribution in [0.3, 0.4) is 0 Å². The summed E-state index contributed by atoms with van der Waals surface area (Å²) in [4.78, 5) is 47.1. The van der Waals surface area contributed by atoms with Gasteiger partial charge >= 0.3 is 11.9 Å². The number of rotatable bonds is 93. The minimum absolute atomic E-state index is 0.0655. The zero-order valence-corrected chi connectivity index (χ0v) is 82.6. The zero-order valence-electron chi connectivity index (χ0n) is 82.6. The van der Waals surface area contributed by atoms with Crippen LogP contribution in [0.2, 0.25) is 0 Å². The van der Waals surface area contributed by atoms with E-state index in [0.717, 1.165) is 103 Å². The Morgan fingerprint density at radius 1 is 0.212 bits per heavy atom. The van der Waals surface area contributed by atoms with Crippen LogP contribution in [0.25, 0.3) is 0 Å². The number of ether oxygens (including phenoxy) is 2. The molecule has 8 nitrogen and oxygen atoms in total. The third-order valence-electron chi connectivity index (χ3n) is 29.0. The number of unbranched alkanes of at least 4 members (excludes halogenated alkanes) is 66. The monoisotopic (exact) mass is 1660 g/mol. The fourth-order valence-electron chi connectivity index (χ4n) is 21.4. The predicted octanol–water partition coefficient (Wildman–Crippen LogP) is 37.6. The minimum Gasteiger partial charge on any atom is -0.460 e. The fraction of sp³-hybridized carbons (Fsp3) is 0.982. The smallest absolute Gasteiger partial charge is 0.306 e. The number of piperidine rings is 2. The SMILES string of the molecule is CCCCCCCCCCC1(CCCCCCCCCC)CCC(OC(=O)CCC(=O)OC2CCC(CCCCCCCCCC)(CCCCCCCCCC)N(OCCCCCCCC)C2(CCCCCCCCCC)CCCCCCCCCC)C(CCCCCCCCCC)(CCCCCCCCCC)N1OCCCCCCCC. The Bertz CT molecular complexity index is 1870. The highest BCUT2D eigenvalue weighted by molar-refractivity contribution is 5.78. The van der Waals surface area contributed by atoms with Gasteiger partial charge in [0.25, 0.3) is 0 Å². The molecule has 0 N–H and O–H groups in total. The van der Waals surface area contributed by atoms with Gasteiger partial charge in [-0.1, -0.05) is 544 Å². The summed E-state index contributed by atoms with van der Waals surface area (Å²) in [6.07, 6.45) is 110. The standard InChI is InChI=1S/C110H216N2O6/c1-11-21-31-41-51-59-67-77-91-107(92-78-68-60-52-42-32-22-12-2)99-89-103(109(95-81-71-63-55-45-35-25-15-5,96-82-72-64-56-46-36-26-16-6)111(107)115-101-85-75-49-39-29-19-9)117-105(113)87-88-106(114)118-104-90-100-108(93-79-69-61-53-43-33-23-13-3,94-80-70-62-54-44-34-24-14-4)112(116-102-86-76-50-40-30-20-10)110(104,97-83-73-65-57-47-37-27-17-7)98-84-74-66-58-48-38-28-18-8/h103-104H,11-102H2,1-10H3. The van der Waals surface area contributed by atoms with Crippen LogP contribution in [-0.4, -0.2) is 69.6 Å². The van der Waals surface area contributed by atoms with Crippen molar-refractivity contribution in [2.75, 3.05) is 13.2 Å². The van der Waals surface area contributed by atoms with Crippen molar-refractivity contribution in [1.82, 2.24) is 10.1 Å². The summed E-state index contributed by atoms with van der Waals surface area (Å²) >= 11 is 0. The number of carbonyl (C=O) groups is 2. The van der Waals surface area contributed by atoms with Crippen molar-refractivity contribution in [1.29, 1.82) is 0 Å². The van der Waals surface area contributed by atoms with Crippen LogP contribution in [0.1, 0.15) is 647 Å². The molecule has 0 spiro atoms. The molecule has 2 saturated heterocycles. The first-order valence-corrected chi connectivity index (χ1v) is 55.3. The first kappa shape index (κ1) is 113. The number of hydrogen-bond donors (Lipinski definition) is 0. The lowest BCUT2D eigenvalue weighted by Crippen LogP contribution is -2.69. The molecular weight excluding hydrogens is 1450 g/mol. The average molecular weight is 1660 g/mol. The number of esters is 2. The molecule has 0 bridgehead atoms. The lowest BCUT2D eigenvalue weighted by Gasteiger charge is -2.60. The maximum atomic E-state index is 15.7. The summed E-state index contributed by atoms with van der Waals surface area (Å²) in [5.41, 5.74) is -1.10. The fourth-order valence-corrected chi connectivity index (χ4v) is 21.4. The van der Waals surface area contributed by atoms with E-state index in [1.54, 1.807) is 0 Å². The molecule has 2 rings (SSSR count). The first-order valence-electron chi connectivity index (χ1n) is 55.3. The number of nitrogens with zero attached hydrogens (tertiary/aromatic N) is 2. The van der Waals surface area contributed by atoms with Crippen LogP contribution in [0.15, 0.2) is 0 Å². The molecule has 0 aliphatic carbocycles. The van der Waals surface area contributed by atoms with Crippen molar-refractivity contribution in [2.45, 2.75) is 681 Å². The van der Waals surface area contributed by atoms with Gasteiger partial charge in [0.2, 0.25) is 0 Å². The van der Waals surface area contributed by atoms with E-state index in [1.165, 1.54) is 475 Å². The van der Waals surface area contributed by atoms with Crippen LogP contribution in [0, 0.1) is 0 Å². The first-order chi connectivity index (χ1) is 58.1. The maximum Gasteiger partial charge on any atom is 0.306 e. The molecule has 0 aromatic rings. The summed E-state index contributed by atoms with van der Waals surface area (Å²) in [6.45, 7) is 24.9. The van der Waals surface area contributed by atoms with Gasteiger partial charge < -0.3 is 9.47 Å². The zero-order chi connectivity index (χ0) is 85.3. The molecule has 2 aliphatic rings. The van der Waals surface area contributed by atoms with Crippen molar-refractivity contribution in [2.24, 2.45) is 0 Å². The van der Waals surface area contributed by atoms with Crippen LogP contribution in [0.4, 0.5) is 0 Å². The maximum absolute atomic E-state index is 15.7. The Labute approximate surface area is 741 Å². The van der Waals surface area contributed by atoms with E-state index in [2.05, 4.69) is 79.4 Å². The Balaban J connectivity index is 3.00. The molecule has 0 saturated carbocycles. The molecule has 118 heavy (non-hydrogen) atoms. The molecular formula is C110H216N2O6. The second-order valence-corrected chi connectivity index (χ2v) is 39.8. The van der Waals surface area contributed by atoms with Crippen molar-refractivity contribution < 1.29 is 28.7 Å². The van der Waals surface area contributed by atoms with E-state index in [0.29, 0.717) is 0 Å². The lowest BCUT2D eigenvalue weighted by atomic mass is 9.68. The Kier molecular flexibility index (Phi) is 78.0. The predicted molar refractivity (Wildman–Crippen MR) is 519 cm³/mol. The minimum atomic E-state index is -0.442. The van der Waals surface area contributed by atoms with E-state index in [9.17, 15) is 0 Å².